The van der Waals surface area contributed by atoms with E-state index in [-0.39, 0.29) is 12.4 Å². The lowest BCUT2D eigenvalue weighted by molar-refractivity contribution is 0.653. The molecule has 2 rings (SSSR count). The molecule has 1 aliphatic rings. The SMILES string of the molecule is Cc1cc2c(s1)CCNC2.Cl. The van der Waals surface area contributed by atoms with Gasteiger partial charge in [0.15, 0.2) is 0 Å². The Kier molecular flexibility index (Phi) is 2.93. The highest BCUT2D eigenvalue weighted by molar-refractivity contribution is 7.12. The van der Waals surface area contributed by atoms with Gasteiger partial charge in [0.05, 0.1) is 0 Å². The second-order valence-corrected chi connectivity index (χ2v) is 4.07. The van der Waals surface area contributed by atoms with Gasteiger partial charge >= 0.3 is 0 Å². The van der Waals surface area contributed by atoms with Crippen molar-refractivity contribution >= 4 is 23.7 Å². The number of hydrogen-bond acceptors (Lipinski definition) is 2. The molecule has 0 saturated carbocycles. The molecule has 3 heteroatoms. The Labute approximate surface area is 77.2 Å². The molecule has 0 radical (unpaired) electrons. The Balaban J connectivity index is 0.000000605. The highest BCUT2D eigenvalue weighted by Gasteiger charge is 2.09. The van der Waals surface area contributed by atoms with Crippen LogP contribution in [0, 0.1) is 6.92 Å². The Morgan fingerprint density at radius 2 is 2.36 bits per heavy atom. The van der Waals surface area contributed by atoms with Crippen molar-refractivity contribution < 1.29 is 0 Å². The van der Waals surface area contributed by atoms with Crippen LogP contribution < -0.4 is 5.32 Å². The third-order valence-corrected chi connectivity index (χ3v) is 3.02. The largest absolute Gasteiger partial charge is 0.312 e. The van der Waals surface area contributed by atoms with Crippen molar-refractivity contribution in [3.05, 3.63) is 21.4 Å². The molecule has 0 fully saturated rings. The zero-order valence-electron chi connectivity index (χ0n) is 6.52. The number of aryl methyl sites for hydroxylation is 1. The van der Waals surface area contributed by atoms with Crippen molar-refractivity contribution in [3.8, 4) is 0 Å². The van der Waals surface area contributed by atoms with E-state index in [4.69, 9.17) is 0 Å². The van der Waals surface area contributed by atoms with E-state index in [1.165, 1.54) is 16.9 Å². The van der Waals surface area contributed by atoms with Gasteiger partial charge in [0, 0.05) is 22.8 Å². The van der Waals surface area contributed by atoms with E-state index >= 15 is 0 Å². The first-order chi connectivity index (χ1) is 4.86. The van der Waals surface area contributed by atoms with Gasteiger partial charge in [-0.05, 0) is 25.0 Å². The molecule has 0 aromatic carbocycles. The minimum atomic E-state index is 0. The summed E-state index contributed by atoms with van der Waals surface area (Å²) >= 11 is 1.95. The smallest absolute Gasteiger partial charge is 0.0216 e. The summed E-state index contributed by atoms with van der Waals surface area (Å²) in [6, 6.07) is 2.30. The molecular weight excluding hydrogens is 178 g/mol. The van der Waals surface area contributed by atoms with Crippen LogP contribution in [-0.4, -0.2) is 6.54 Å². The van der Waals surface area contributed by atoms with E-state index in [0.29, 0.717) is 0 Å². The summed E-state index contributed by atoms with van der Waals surface area (Å²) in [5.41, 5.74) is 1.52. The lowest BCUT2D eigenvalue weighted by Crippen LogP contribution is -2.21. The van der Waals surface area contributed by atoms with Crippen LogP contribution in [0.5, 0.6) is 0 Å². The standard InChI is InChI=1S/C8H11NS.ClH/c1-6-4-7-5-9-3-2-8(7)10-6;/h4,9H,2-3,5H2,1H3;1H. The number of thiophene rings is 1. The summed E-state index contributed by atoms with van der Waals surface area (Å²) in [5, 5.41) is 3.36. The summed E-state index contributed by atoms with van der Waals surface area (Å²) in [4.78, 5) is 3.05. The van der Waals surface area contributed by atoms with E-state index < -0.39 is 0 Å². The number of nitrogens with one attached hydrogen (secondary N) is 1. The first-order valence-corrected chi connectivity index (χ1v) is 4.47. The number of hydrogen-bond donors (Lipinski definition) is 1. The fraction of sp³-hybridized carbons (Fsp3) is 0.500. The molecular formula is C8H12ClNS. The van der Waals surface area contributed by atoms with Crippen molar-refractivity contribution in [1.82, 2.24) is 5.32 Å². The summed E-state index contributed by atoms with van der Waals surface area (Å²) in [6.45, 7) is 4.43. The van der Waals surface area contributed by atoms with Crippen molar-refractivity contribution in [2.24, 2.45) is 0 Å². The molecule has 1 aromatic rings. The van der Waals surface area contributed by atoms with Gasteiger partial charge in [-0.1, -0.05) is 0 Å². The monoisotopic (exact) mass is 189 g/mol. The molecule has 0 bridgehead atoms. The quantitative estimate of drug-likeness (QED) is 0.660. The zero-order valence-corrected chi connectivity index (χ0v) is 8.15. The zero-order chi connectivity index (χ0) is 6.97. The van der Waals surface area contributed by atoms with Crippen molar-refractivity contribution in [2.75, 3.05) is 6.54 Å². The molecule has 62 valence electrons. The van der Waals surface area contributed by atoms with E-state index in [0.717, 1.165) is 13.1 Å². The van der Waals surface area contributed by atoms with Gasteiger partial charge in [0.1, 0.15) is 0 Å². The number of halogens is 1. The van der Waals surface area contributed by atoms with Gasteiger partial charge in [-0.3, -0.25) is 0 Å². The molecule has 1 nitrogen and oxygen atoms in total. The van der Waals surface area contributed by atoms with Crippen LogP contribution in [0.15, 0.2) is 6.07 Å². The van der Waals surface area contributed by atoms with Crippen LogP contribution in [0.3, 0.4) is 0 Å². The molecule has 0 spiro atoms. The third kappa shape index (κ3) is 1.75. The second-order valence-electron chi connectivity index (χ2n) is 2.73. The minimum Gasteiger partial charge on any atom is -0.312 e. The molecule has 0 atom stereocenters. The van der Waals surface area contributed by atoms with Crippen LogP contribution in [0.1, 0.15) is 15.3 Å². The summed E-state index contributed by atoms with van der Waals surface area (Å²) < 4.78 is 0. The van der Waals surface area contributed by atoms with Gasteiger partial charge in [-0.2, -0.15) is 0 Å². The predicted molar refractivity (Wildman–Crippen MR) is 51.7 cm³/mol. The summed E-state index contributed by atoms with van der Waals surface area (Å²) in [6.07, 6.45) is 1.23. The second kappa shape index (κ2) is 3.57. The van der Waals surface area contributed by atoms with Crippen LogP contribution in [0.25, 0.3) is 0 Å². The fourth-order valence-electron chi connectivity index (χ4n) is 1.40. The Bertz CT molecular complexity index is 221. The van der Waals surface area contributed by atoms with Crippen LogP contribution in [-0.2, 0) is 13.0 Å². The van der Waals surface area contributed by atoms with Gasteiger partial charge in [0.2, 0.25) is 0 Å². The first kappa shape index (κ1) is 9.04. The topological polar surface area (TPSA) is 12.0 Å². The average molecular weight is 190 g/mol. The van der Waals surface area contributed by atoms with E-state index in [9.17, 15) is 0 Å². The summed E-state index contributed by atoms with van der Waals surface area (Å²) in [5.74, 6) is 0. The van der Waals surface area contributed by atoms with Gasteiger partial charge in [0.25, 0.3) is 0 Å². The Hall–Kier alpha value is -0.0500. The normalized spacial score (nSPS) is 15.4. The highest BCUT2D eigenvalue weighted by Crippen LogP contribution is 2.23. The maximum absolute atomic E-state index is 3.36. The maximum Gasteiger partial charge on any atom is 0.0216 e. The fourth-order valence-corrected chi connectivity index (χ4v) is 2.46. The molecule has 1 aromatic heterocycles. The van der Waals surface area contributed by atoms with E-state index in [2.05, 4.69) is 18.3 Å². The van der Waals surface area contributed by atoms with Crippen LogP contribution in [0.2, 0.25) is 0 Å². The first-order valence-electron chi connectivity index (χ1n) is 3.65. The lowest BCUT2D eigenvalue weighted by Gasteiger charge is -2.10. The number of fused-ring (bicyclic) bond motifs is 1. The van der Waals surface area contributed by atoms with Crippen molar-refractivity contribution in [2.45, 2.75) is 19.9 Å². The maximum atomic E-state index is 3.36. The van der Waals surface area contributed by atoms with Gasteiger partial charge in [-0.15, -0.1) is 23.7 Å². The van der Waals surface area contributed by atoms with Crippen LogP contribution in [0.4, 0.5) is 0 Å². The Morgan fingerprint density at radius 1 is 1.55 bits per heavy atom. The minimum absolute atomic E-state index is 0. The Morgan fingerprint density at radius 3 is 3.09 bits per heavy atom. The summed E-state index contributed by atoms with van der Waals surface area (Å²) in [7, 11) is 0. The third-order valence-electron chi connectivity index (χ3n) is 1.86. The van der Waals surface area contributed by atoms with E-state index in [1.807, 2.05) is 11.3 Å². The van der Waals surface area contributed by atoms with Crippen molar-refractivity contribution in [1.29, 1.82) is 0 Å². The molecule has 0 unspecified atom stereocenters. The lowest BCUT2D eigenvalue weighted by atomic mass is 10.1. The van der Waals surface area contributed by atoms with Crippen LogP contribution >= 0.6 is 23.7 Å². The average Bonchev–Trinajstić information content (AvgIpc) is 2.27. The molecule has 1 aliphatic heterocycles. The van der Waals surface area contributed by atoms with Gasteiger partial charge in [-0.25, -0.2) is 0 Å². The van der Waals surface area contributed by atoms with Crippen molar-refractivity contribution in [3.63, 3.8) is 0 Å². The molecule has 11 heavy (non-hydrogen) atoms. The molecule has 0 saturated heterocycles. The molecule has 0 aliphatic carbocycles. The molecule has 0 amide bonds. The molecule has 2 heterocycles. The van der Waals surface area contributed by atoms with Gasteiger partial charge < -0.3 is 5.32 Å². The number of rotatable bonds is 0. The van der Waals surface area contributed by atoms with E-state index in [1.54, 1.807) is 4.88 Å². The predicted octanol–water partition coefficient (Wildman–Crippen LogP) is 2.12. The highest BCUT2D eigenvalue weighted by atomic mass is 35.5. The molecule has 1 N–H and O–H groups in total.